The van der Waals surface area contributed by atoms with Gasteiger partial charge in [0, 0.05) is 17.2 Å². The lowest BCUT2D eigenvalue weighted by atomic mass is 9.93. The van der Waals surface area contributed by atoms with Crippen LogP contribution in [0.1, 0.15) is 20.7 Å². The summed E-state index contributed by atoms with van der Waals surface area (Å²) < 4.78 is 0. The minimum absolute atomic E-state index is 0.0342. The van der Waals surface area contributed by atoms with Gasteiger partial charge in [-0.2, -0.15) is 0 Å². The predicted molar refractivity (Wildman–Crippen MR) is 49.1 cm³/mol. The highest BCUT2D eigenvalue weighted by atomic mass is 16.3. The summed E-state index contributed by atoms with van der Waals surface area (Å²) in [6.45, 7) is 0. The Morgan fingerprint density at radius 3 is 2.00 bits per heavy atom. The molecule has 2 rings (SSSR count). The first kappa shape index (κ1) is 9.26. The van der Waals surface area contributed by atoms with Crippen LogP contribution in [0.4, 0.5) is 0 Å². The summed E-state index contributed by atoms with van der Waals surface area (Å²) in [5, 5.41) is 27.4. The van der Waals surface area contributed by atoms with E-state index in [0.717, 1.165) is 18.2 Å². The second-order valence-corrected chi connectivity index (χ2v) is 3.11. The van der Waals surface area contributed by atoms with Crippen molar-refractivity contribution in [1.29, 1.82) is 0 Å². The number of benzene rings is 1. The number of hydrogen-bond acceptors (Lipinski definition) is 5. The van der Waals surface area contributed by atoms with Gasteiger partial charge < -0.3 is 15.3 Å². The van der Waals surface area contributed by atoms with Crippen LogP contribution in [0.5, 0.6) is 11.5 Å². The molecule has 0 radical (unpaired) electrons. The summed E-state index contributed by atoms with van der Waals surface area (Å²) in [7, 11) is 0. The first-order chi connectivity index (χ1) is 7.00. The van der Waals surface area contributed by atoms with Crippen LogP contribution >= 0.6 is 0 Å². The molecule has 5 nitrogen and oxygen atoms in total. The van der Waals surface area contributed by atoms with Gasteiger partial charge in [-0.05, 0) is 12.1 Å². The van der Waals surface area contributed by atoms with Crippen LogP contribution in [-0.4, -0.2) is 26.9 Å². The molecular weight excluding hydrogens is 200 g/mol. The molecular formula is C10H6O5. The fourth-order valence-electron chi connectivity index (χ4n) is 1.37. The topological polar surface area (TPSA) is 94.8 Å². The van der Waals surface area contributed by atoms with Gasteiger partial charge in [-0.15, -0.1) is 0 Å². The molecule has 0 saturated carbocycles. The van der Waals surface area contributed by atoms with Gasteiger partial charge in [0.1, 0.15) is 0 Å². The maximum atomic E-state index is 11.4. The minimum Gasteiger partial charge on any atom is -0.504 e. The number of fused-ring (bicyclic) bond motifs is 1. The summed E-state index contributed by atoms with van der Waals surface area (Å²) in [6.07, 6.45) is 0.779. The van der Waals surface area contributed by atoms with E-state index < -0.39 is 28.8 Å². The van der Waals surface area contributed by atoms with Crippen molar-refractivity contribution >= 4 is 11.6 Å². The molecule has 3 N–H and O–H groups in total. The molecule has 0 unspecified atom stereocenters. The van der Waals surface area contributed by atoms with Gasteiger partial charge in [-0.3, -0.25) is 9.59 Å². The number of aliphatic hydroxyl groups excluding tert-OH is 1. The van der Waals surface area contributed by atoms with Crippen molar-refractivity contribution in [3.63, 3.8) is 0 Å². The van der Waals surface area contributed by atoms with E-state index in [-0.39, 0.29) is 11.1 Å². The first-order valence-electron chi connectivity index (χ1n) is 4.06. The number of carbonyl (C=O) groups excluding carboxylic acids is 2. The van der Waals surface area contributed by atoms with E-state index >= 15 is 0 Å². The molecule has 0 bridgehead atoms. The summed E-state index contributed by atoms with van der Waals surface area (Å²) in [6, 6.07) is 1.95. The number of allylic oxidation sites excluding steroid dienone is 2. The Balaban J connectivity index is 2.73. The third-order valence-corrected chi connectivity index (χ3v) is 2.13. The SMILES string of the molecule is O=C1C=C(O)C(=O)c2cc(O)c(O)cc21. The monoisotopic (exact) mass is 206 g/mol. The second kappa shape index (κ2) is 2.84. The number of rotatable bonds is 0. The fraction of sp³-hybridized carbons (Fsp3) is 0. The van der Waals surface area contributed by atoms with Crippen molar-refractivity contribution in [3.05, 3.63) is 35.1 Å². The number of aliphatic hydroxyl groups is 1. The van der Waals surface area contributed by atoms with Crippen molar-refractivity contribution in [2.24, 2.45) is 0 Å². The highest BCUT2D eigenvalue weighted by Crippen LogP contribution is 2.31. The number of phenolic OH excluding ortho intramolecular Hbond substituents is 2. The summed E-state index contributed by atoms with van der Waals surface area (Å²) in [5.74, 6) is -3.00. The average molecular weight is 206 g/mol. The maximum Gasteiger partial charge on any atom is 0.228 e. The zero-order valence-corrected chi connectivity index (χ0v) is 7.39. The fourth-order valence-corrected chi connectivity index (χ4v) is 1.37. The molecule has 76 valence electrons. The Morgan fingerprint density at radius 2 is 1.40 bits per heavy atom. The highest BCUT2D eigenvalue weighted by molar-refractivity contribution is 6.23. The van der Waals surface area contributed by atoms with Crippen LogP contribution in [0.3, 0.4) is 0 Å². The van der Waals surface area contributed by atoms with E-state index in [0.29, 0.717) is 0 Å². The minimum atomic E-state index is -0.750. The standard InChI is InChI=1S/C10H6O5/c11-6-3-9(14)10(15)5-2-8(13)7(12)1-4(5)6/h1-3,12-14H. The van der Waals surface area contributed by atoms with Gasteiger partial charge >= 0.3 is 0 Å². The summed E-state index contributed by atoms with van der Waals surface area (Å²) in [5.41, 5.74) is -0.150. The molecule has 0 aromatic heterocycles. The Labute approximate surface area is 83.9 Å². The quantitative estimate of drug-likeness (QED) is 0.548. The first-order valence-corrected chi connectivity index (χ1v) is 4.06. The Morgan fingerprint density at radius 1 is 0.867 bits per heavy atom. The molecule has 0 amide bonds. The van der Waals surface area contributed by atoms with E-state index in [1.807, 2.05) is 0 Å². The van der Waals surface area contributed by atoms with Gasteiger partial charge in [0.2, 0.25) is 5.78 Å². The Bertz CT molecular complexity index is 513. The van der Waals surface area contributed by atoms with Crippen LogP contribution in [0.25, 0.3) is 0 Å². The van der Waals surface area contributed by atoms with Crippen molar-refractivity contribution in [2.75, 3.05) is 0 Å². The zero-order valence-electron chi connectivity index (χ0n) is 7.39. The van der Waals surface area contributed by atoms with Crippen molar-refractivity contribution < 1.29 is 24.9 Å². The largest absolute Gasteiger partial charge is 0.504 e. The molecule has 0 spiro atoms. The molecule has 1 aromatic rings. The van der Waals surface area contributed by atoms with Crippen molar-refractivity contribution in [3.8, 4) is 11.5 Å². The molecule has 5 heteroatoms. The van der Waals surface area contributed by atoms with Gasteiger partial charge in [0.25, 0.3) is 0 Å². The molecule has 0 saturated heterocycles. The normalized spacial score (nSPS) is 14.8. The summed E-state index contributed by atoms with van der Waals surface area (Å²) >= 11 is 0. The van der Waals surface area contributed by atoms with Crippen LogP contribution in [0, 0.1) is 0 Å². The van der Waals surface area contributed by atoms with E-state index in [1.165, 1.54) is 0 Å². The third-order valence-electron chi connectivity index (χ3n) is 2.13. The third kappa shape index (κ3) is 1.25. The molecule has 1 aliphatic carbocycles. The Kier molecular flexibility index (Phi) is 1.76. The van der Waals surface area contributed by atoms with E-state index in [4.69, 9.17) is 15.3 Å². The van der Waals surface area contributed by atoms with Gasteiger partial charge in [0.05, 0.1) is 0 Å². The maximum absolute atomic E-state index is 11.4. The van der Waals surface area contributed by atoms with Gasteiger partial charge in [-0.1, -0.05) is 0 Å². The number of phenols is 2. The van der Waals surface area contributed by atoms with E-state index in [1.54, 1.807) is 0 Å². The van der Waals surface area contributed by atoms with Crippen LogP contribution < -0.4 is 0 Å². The lowest BCUT2D eigenvalue weighted by molar-refractivity contribution is 0.0939. The number of aromatic hydroxyl groups is 2. The number of Topliss-reactive ketones (excluding diaryl/α,β-unsaturated/α-hetero) is 1. The molecule has 1 aliphatic rings. The average Bonchev–Trinajstić information content (AvgIpc) is 2.18. The Hall–Kier alpha value is -2.30. The number of carbonyl (C=O) groups is 2. The van der Waals surface area contributed by atoms with Gasteiger partial charge in [0.15, 0.2) is 23.0 Å². The number of hydrogen-bond donors (Lipinski definition) is 3. The van der Waals surface area contributed by atoms with Crippen LogP contribution in [0.15, 0.2) is 24.0 Å². The lowest BCUT2D eigenvalue weighted by Crippen LogP contribution is -2.16. The van der Waals surface area contributed by atoms with Gasteiger partial charge in [-0.25, -0.2) is 0 Å². The second-order valence-electron chi connectivity index (χ2n) is 3.11. The van der Waals surface area contributed by atoms with E-state index in [9.17, 15) is 9.59 Å². The zero-order chi connectivity index (χ0) is 11.2. The van der Waals surface area contributed by atoms with E-state index in [2.05, 4.69) is 0 Å². The molecule has 0 atom stereocenters. The molecule has 0 fully saturated rings. The molecule has 0 aliphatic heterocycles. The lowest BCUT2D eigenvalue weighted by Gasteiger charge is -2.12. The molecule has 0 heterocycles. The smallest absolute Gasteiger partial charge is 0.228 e. The number of ketones is 2. The van der Waals surface area contributed by atoms with Crippen LogP contribution in [0.2, 0.25) is 0 Å². The van der Waals surface area contributed by atoms with Crippen LogP contribution in [-0.2, 0) is 0 Å². The molecule has 15 heavy (non-hydrogen) atoms. The van der Waals surface area contributed by atoms with Crippen molar-refractivity contribution in [1.82, 2.24) is 0 Å². The summed E-state index contributed by atoms with van der Waals surface area (Å²) in [4.78, 5) is 22.7. The molecule has 1 aromatic carbocycles. The predicted octanol–water partition coefficient (Wildman–Crippen LogP) is 0.919. The van der Waals surface area contributed by atoms with Crippen molar-refractivity contribution in [2.45, 2.75) is 0 Å². The highest BCUT2D eigenvalue weighted by Gasteiger charge is 2.26.